The average molecular weight is 340 g/mol. The first-order valence-electron chi connectivity index (χ1n) is 6.94. The van der Waals surface area contributed by atoms with E-state index < -0.39 is 22.9 Å². The van der Waals surface area contributed by atoms with E-state index in [2.05, 4.69) is 20.7 Å². The normalized spacial score (nSPS) is 23.7. The summed E-state index contributed by atoms with van der Waals surface area (Å²) in [7, 11) is 1.33. The Labute approximate surface area is 138 Å². The number of β-lactam (4-membered cyclic amide) rings is 1. The number of oxime groups is 1. The molecule has 8 nitrogen and oxygen atoms in total. The van der Waals surface area contributed by atoms with Crippen LogP contribution in [0.1, 0.15) is 27.2 Å². The molecule has 2 unspecified atom stereocenters. The molecule has 2 aliphatic heterocycles. The van der Waals surface area contributed by atoms with Crippen molar-refractivity contribution in [2.24, 2.45) is 5.16 Å². The highest BCUT2D eigenvalue weighted by Crippen LogP contribution is 2.38. The van der Waals surface area contributed by atoms with Gasteiger partial charge in [0.1, 0.15) is 30.0 Å². The van der Waals surface area contributed by atoms with Gasteiger partial charge in [-0.3, -0.25) is 14.5 Å². The number of hydrogen-bond acceptors (Lipinski definition) is 7. The summed E-state index contributed by atoms with van der Waals surface area (Å²) in [5, 5.41) is 8.44. The highest BCUT2D eigenvalue weighted by atomic mass is 32.2. The lowest BCUT2D eigenvalue weighted by atomic mass is 10.00. The van der Waals surface area contributed by atoms with Crippen LogP contribution < -0.4 is 5.32 Å². The van der Waals surface area contributed by atoms with E-state index in [0.717, 1.165) is 18.0 Å². The molecule has 0 bridgehead atoms. The van der Waals surface area contributed by atoms with E-state index >= 15 is 0 Å². The van der Waals surface area contributed by atoms with Crippen molar-refractivity contribution in [3.05, 3.63) is 11.1 Å². The van der Waals surface area contributed by atoms with Gasteiger partial charge in [-0.15, -0.1) is 0 Å². The molecule has 0 aromatic heterocycles. The van der Waals surface area contributed by atoms with Crippen molar-refractivity contribution in [2.75, 3.05) is 7.11 Å². The Bertz CT molecular complexity index is 581. The Morgan fingerprint density at radius 2 is 2.17 bits per heavy atom. The van der Waals surface area contributed by atoms with Crippen LogP contribution in [-0.2, 0) is 24.0 Å². The van der Waals surface area contributed by atoms with Gasteiger partial charge in [0.2, 0.25) is 5.91 Å². The first-order chi connectivity index (χ1) is 10.7. The quantitative estimate of drug-likeness (QED) is 0.344. The third-order valence-corrected chi connectivity index (χ3v) is 4.01. The molecule has 0 aromatic carbocycles. The fourth-order valence-electron chi connectivity index (χ4n) is 2.09. The molecule has 0 spiro atoms. The van der Waals surface area contributed by atoms with Gasteiger partial charge in [0.15, 0.2) is 0 Å². The molecular weight excluding hydrogens is 322 g/mol. The molecule has 2 aliphatic rings. The van der Waals surface area contributed by atoms with Gasteiger partial charge < -0.3 is 14.9 Å². The van der Waals surface area contributed by atoms with Crippen LogP contribution in [0, 0.1) is 5.41 Å². The number of esters is 1. The number of ether oxygens (including phenoxy) is 1. The molecule has 125 valence electrons. The van der Waals surface area contributed by atoms with E-state index in [1.54, 1.807) is 20.8 Å². The number of fused-ring (bicyclic) bond motifs is 1. The highest BCUT2D eigenvalue weighted by molar-refractivity contribution is 8.01. The third-order valence-electron chi connectivity index (χ3n) is 3.01. The maximum absolute atomic E-state index is 12.2. The molecule has 1 N–H and O–H groups in total. The Morgan fingerprint density at radius 3 is 2.74 bits per heavy atom. The predicted octanol–water partition coefficient (Wildman–Crippen LogP) is 0.395. The zero-order valence-electron chi connectivity index (χ0n) is 13.3. The van der Waals surface area contributed by atoms with Gasteiger partial charge in [0.25, 0.3) is 5.91 Å². The minimum absolute atomic E-state index is 0.0854. The Hall–Kier alpha value is -2.03. The van der Waals surface area contributed by atoms with Crippen molar-refractivity contribution in [1.29, 1.82) is 0 Å². The fourth-order valence-corrected chi connectivity index (χ4v) is 3.06. The maximum atomic E-state index is 12.2. The van der Waals surface area contributed by atoms with Crippen molar-refractivity contribution in [3.63, 3.8) is 0 Å². The molecule has 1 fully saturated rings. The highest BCUT2D eigenvalue weighted by Gasteiger charge is 2.49. The Kier molecular flexibility index (Phi) is 4.98. The molecule has 1 saturated heterocycles. The number of amides is 2. The topological polar surface area (TPSA) is 97.3 Å². The van der Waals surface area contributed by atoms with E-state index in [1.807, 2.05) is 0 Å². The zero-order valence-corrected chi connectivity index (χ0v) is 14.1. The van der Waals surface area contributed by atoms with Gasteiger partial charge in [-0.2, -0.15) is 0 Å². The lowest BCUT2D eigenvalue weighted by Crippen LogP contribution is -2.63. The van der Waals surface area contributed by atoms with E-state index in [1.165, 1.54) is 12.0 Å². The Morgan fingerprint density at radius 1 is 1.48 bits per heavy atom. The molecule has 0 aromatic rings. The van der Waals surface area contributed by atoms with Crippen LogP contribution in [0.4, 0.5) is 0 Å². The predicted molar refractivity (Wildman–Crippen MR) is 82.9 cm³/mol. The summed E-state index contributed by atoms with van der Waals surface area (Å²) in [4.78, 5) is 41.4. The SMILES string of the molecule is CON=CC(=O)NC1S[C]=C(C(=O)OC(C)(C)C)N2C(=O)CC12. The lowest BCUT2D eigenvalue weighted by Gasteiger charge is -2.46. The van der Waals surface area contributed by atoms with Gasteiger partial charge in [0, 0.05) is 0 Å². The van der Waals surface area contributed by atoms with Crippen LogP contribution in [-0.4, -0.2) is 53.0 Å². The molecule has 0 saturated carbocycles. The number of rotatable bonds is 4. The van der Waals surface area contributed by atoms with Gasteiger partial charge >= 0.3 is 5.97 Å². The van der Waals surface area contributed by atoms with Crippen molar-refractivity contribution >= 4 is 35.8 Å². The van der Waals surface area contributed by atoms with Crippen LogP contribution in [0.5, 0.6) is 0 Å². The number of hydrogen-bond donors (Lipinski definition) is 1. The van der Waals surface area contributed by atoms with Crippen LogP contribution in [0.25, 0.3) is 0 Å². The molecule has 1 radical (unpaired) electrons. The smallest absolute Gasteiger partial charge is 0.356 e. The standard InChI is InChI=1S/C14H18N3O5S/c1-14(2,3)22-13(20)9-7-23-12(8-5-11(19)17(8)9)16-10(18)6-15-21-4/h6,8,12H,5H2,1-4H3,(H,16,18). The first kappa shape index (κ1) is 17.3. The second kappa shape index (κ2) is 6.61. The van der Waals surface area contributed by atoms with Crippen molar-refractivity contribution < 1.29 is 24.0 Å². The van der Waals surface area contributed by atoms with Gasteiger partial charge in [-0.25, -0.2) is 4.79 Å². The summed E-state index contributed by atoms with van der Waals surface area (Å²) in [5.74, 6) is -1.26. The number of carbonyl (C=O) groups is 3. The van der Waals surface area contributed by atoms with Crippen molar-refractivity contribution in [2.45, 2.75) is 44.2 Å². The summed E-state index contributed by atoms with van der Waals surface area (Å²) in [6.07, 6.45) is 1.24. The largest absolute Gasteiger partial charge is 0.455 e. The maximum Gasteiger partial charge on any atom is 0.356 e. The number of carbonyl (C=O) groups excluding carboxylic acids is 3. The van der Waals surface area contributed by atoms with Crippen LogP contribution in [0.15, 0.2) is 10.9 Å². The van der Waals surface area contributed by atoms with Crippen LogP contribution >= 0.6 is 11.8 Å². The van der Waals surface area contributed by atoms with Crippen LogP contribution in [0.3, 0.4) is 0 Å². The molecule has 23 heavy (non-hydrogen) atoms. The fraction of sp³-hybridized carbons (Fsp3) is 0.571. The summed E-state index contributed by atoms with van der Waals surface area (Å²) < 4.78 is 5.28. The van der Waals surface area contributed by atoms with Gasteiger partial charge in [-0.1, -0.05) is 16.9 Å². The minimum atomic E-state index is -0.665. The lowest BCUT2D eigenvalue weighted by molar-refractivity contribution is -0.159. The van der Waals surface area contributed by atoms with E-state index in [4.69, 9.17) is 4.74 Å². The van der Waals surface area contributed by atoms with E-state index in [-0.39, 0.29) is 24.1 Å². The summed E-state index contributed by atoms with van der Waals surface area (Å²) in [6.45, 7) is 5.24. The second-order valence-electron chi connectivity index (χ2n) is 5.95. The molecular formula is C14H18N3O5S. The van der Waals surface area contributed by atoms with Crippen molar-refractivity contribution in [3.8, 4) is 0 Å². The molecule has 2 atom stereocenters. The van der Waals surface area contributed by atoms with Crippen LogP contribution in [0.2, 0.25) is 0 Å². The van der Waals surface area contributed by atoms with Crippen molar-refractivity contribution in [1.82, 2.24) is 10.2 Å². The van der Waals surface area contributed by atoms with E-state index in [9.17, 15) is 14.4 Å². The number of nitrogens with one attached hydrogen (secondary N) is 1. The number of thioether (sulfide) groups is 1. The van der Waals surface area contributed by atoms with Gasteiger partial charge in [-0.05, 0) is 20.8 Å². The number of nitrogens with zero attached hydrogens (tertiary/aromatic N) is 2. The monoisotopic (exact) mass is 340 g/mol. The molecule has 9 heteroatoms. The zero-order chi connectivity index (χ0) is 17.2. The molecule has 2 heterocycles. The summed E-state index contributed by atoms with van der Waals surface area (Å²) >= 11 is 1.14. The third kappa shape index (κ3) is 4.04. The first-order valence-corrected chi connectivity index (χ1v) is 7.82. The minimum Gasteiger partial charge on any atom is -0.455 e. The molecule has 2 amide bonds. The average Bonchev–Trinajstić information content (AvgIpc) is 2.43. The summed E-state index contributed by atoms with van der Waals surface area (Å²) in [5.41, 5.74) is -0.580. The molecule has 2 rings (SSSR count). The Balaban J connectivity index is 2.08. The van der Waals surface area contributed by atoms with Gasteiger partial charge in [0.05, 0.1) is 17.9 Å². The summed E-state index contributed by atoms with van der Waals surface area (Å²) in [6, 6.07) is -0.309. The van der Waals surface area contributed by atoms with E-state index in [0.29, 0.717) is 0 Å². The molecule has 0 aliphatic carbocycles. The second-order valence-corrected chi connectivity index (χ2v) is 6.90.